The lowest BCUT2D eigenvalue weighted by Crippen LogP contribution is -2.39. The number of hydrazine groups is 1. The van der Waals surface area contributed by atoms with Crippen LogP contribution in [0.1, 0.15) is 23.6 Å². The Labute approximate surface area is 146 Å². The second-order valence-electron chi connectivity index (χ2n) is 5.91. The highest BCUT2D eigenvalue weighted by Crippen LogP contribution is 2.22. The summed E-state index contributed by atoms with van der Waals surface area (Å²) in [6.45, 7) is 0.135. The number of nitrogens with one attached hydrogen (secondary N) is 3. The second-order valence-corrected chi connectivity index (χ2v) is 5.91. The van der Waals surface area contributed by atoms with Gasteiger partial charge in [0.1, 0.15) is 6.04 Å². The molecule has 0 spiro atoms. The van der Waals surface area contributed by atoms with Crippen LogP contribution >= 0.6 is 0 Å². The lowest BCUT2D eigenvalue weighted by Gasteiger charge is -2.10. The molecule has 25 heavy (non-hydrogen) atoms. The first-order chi connectivity index (χ1) is 12.2. The molecule has 3 rings (SSSR count). The molecule has 2 aromatic carbocycles. The predicted molar refractivity (Wildman–Crippen MR) is 93.1 cm³/mol. The van der Waals surface area contributed by atoms with Gasteiger partial charge in [-0.05, 0) is 17.5 Å². The van der Waals surface area contributed by atoms with Crippen LogP contribution in [-0.4, -0.2) is 24.5 Å². The highest BCUT2D eigenvalue weighted by atomic mass is 16.5. The molecule has 2 aromatic rings. The van der Waals surface area contributed by atoms with Gasteiger partial charge in [-0.15, -0.1) is 0 Å². The van der Waals surface area contributed by atoms with Gasteiger partial charge < -0.3 is 10.1 Å². The fraction of sp³-hybridized carbons (Fsp3) is 0.263. The lowest BCUT2D eigenvalue weighted by atomic mass is 10.0. The summed E-state index contributed by atoms with van der Waals surface area (Å²) in [5.74, 6) is -0.747. The highest BCUT2D eigenvalue weighted by Gasteiger charge is 2.31. The van der Waals surface area contributed by atoms with E-state index in [0.717, 1.165) is 11.1 Å². The third kappa shape index (κ3) is 4.89. The minimum Gasteiger partial charge on any atom is -0.454 e. The third-order valence-electron chi connectivity index (χ3n) is 4.07. The summed E-state index contributed by atoms with van der Waals surface area (Å²) in [6.07, 6.45) is 0.578. The van der Waals surface area contributed by atoms with Gasteiger partial charge in [0.05, 0.1) is 0 Å². The Hall–Kier alpha value is -2.70. The summed E-state index contributed by atoms with van der Waals surface area (Å²) >= 11 is 0. The van der Waals surface area contributed by atoms with Crippen molar-refractivity contribution in [2.75, 3.05) is 6.61 Å². The Morgan fingerprint density at radius 3 is 2.40 bits per heavy atom. The maximum Gasteiger partial charge on any atom is 0.325 e. The highest BCUT2D eigenvalue weighted by molar-refractivity contribution is 5.82. The van der Waals surface area contributed by atoms with Gasteiger partial charge in [0, 0.05) is 12.6 Å². The van der Waals surface area contributed by atoms with Crippen molar-refractivity contribution in [1.82, 2.24) is 16.2 Å². The molecule has 1 fully saturated rings. The van der Waals surface area contributed by atoms with Gasteiger partial charge in [0.15, 0.2) is 6.61 Å². The van der Waals surface area contributed by atoms with Crippen molar-refractivity contribution in [2.45, 2.75) is 25.0 Å². The van der Waals surface area contributed by atoms with Crippen LogP contribution in [-0.2, 0) is 20.9 Å². The lowest BCUT2D eigenvalue weighted by molar-refractivity contribution is -0.150. The Morgan fingerprint density at radius 2 is 1.68 bits per heavy atom. The maximum atomic E-state index is 12.1. The number of hydrogen-bond donors (Lipinski definition) is 3. The van der Waals surface area contributed by atoms with E-state index in [1.54, 1.807) is 0 Å². The van der Waals surface area contributed by atoms with Crippen LogP contribution in [0.5, 0.6) is 0 Å². The molecule has 0 aliphatic carbocycles. The minimum atomic E-state index is -0.466. The zero-order chi connectivity index (χ0) is 17.5. The van der Waals surface area contributed by atoms with Crippen LogP contribution in [0.4, 0.5) is 0 Å². The molecule has 0 aromatic heterocycles. The Balaban J connectivity index is 1.40. The van der Waals surface area contributed by atoms with Crippen LogP contribution in [0.3, 0.4) is 0 Å². The molecule has 0 saturated carbocycles. The van der Waals surface area contributed by atoms with Crippen molar-refractivity contribution in [1.29, 1.82) is 0 Å². The molecule has 6 nitrogen and oxygen atoms in total. The summed E-state index contributed by atoms with van der Waals surface area (Å²) in [4.78, 5) is 23.9. The standard InChI is InChI=1S/C19H21N3O3/c23-18(20-12-14-7-3-1-4-8-14)13-25-19(24)17-11-16(21-22-17)15-9-5-2-6-10-15/h1-10,16-17,21-22H,11-13H2,(H,20,23). The van der Waals surface area contributed by atoms with E-state index in [0.29, 0.717) is 13.0 Å². The van der Waals surface area contributed by atoms with Gasteiger partial charge in [0.2, 0.25) is 0 Å². The average Bonchev–Trinajstić information content (AvgIpc) is 3.16. The van der Waals surface area contributed by atoms with Crippen molar-refractivity contribution >= 4 is 11.9 Å². The maximum absolute atomic E-state index is 12.1. The van der Waals surface area contributed by atoms with Crippen LogP contribution in [0.25, 0.3) is 0 Å². The molecular weight excluding hydrogens is 318 g/mol. The molecule has 1 heterocycles. The second kappa shape index (κ2) is 8.41. The van der Waals surface area contributed by atoms with E-state index >= 15 is 0 Å². The summed E-state index contributed by atoms with van der Waals surface area (Å²) in [6, 6.07) is 19.0. The van der Waals surface area contributed by atoms with Crippen LogP contribution in [0.2, 0.25) is 0 Å². The monoisotopic (exact) mass is 339 g/mol. The number of amides is 1. The first kappa shape index (κ1) is 17.1. The van der Waals surface area contributed by atoms with E-state index in [9.17, 15) is 9.59 Å². The SMILES string of the molecule is O=C(COC(=O)C1CC(c2ccccc2)NN1)NCc1ccccc1. The molecule has 1 aliphatic rings. The number of rotatable bonds is 6. The van der Waals surface area contributed by atoms with Crippen LogP contribution in [0.15, 0.2) is 60.7 Å². The topological polar surface area (TPSA) is 79.5 Å². The molecule has 0 bridgehead atoms. The largest absolute Gasteiger partial charge is 0.454 e. The number of ether oxygens (including phenoxy) is 1. The molecule has 130 valence electrons. The quantitative estimate of drug-likeness (QED) is 0.694. The fourth-order valence-corrected chi connectivity index (χ4v) is 2.70. The molecule has 2 unspecified atom stereocenters. The van der Waals surface area contributed by atoms with E-state index in [1.807, 2.05) is 60.7 Å². The molecule has 0 radical (unpaired) electrons. The third-order valence-corrected chi connectivity index (χ3v) is 4.07. The Bertz CT molecular complexity index is 706. The molecule has 1 saturated heterocycles. The predicted octanol–water partition coefficient (Wildman–Crippen LogP) is 1.45. The van der Waals surface area contributed by atoms with Crippen LogP contribution < -0.4 is 16.2 Å². The van der Waals surface area contributed by atoms with Crippen molar-refractivity contribution < 1.29 is 14.3 Å². The van der Waals surface area contributed by atoms with Gasteiger partial charge in [-0.3, -0.25) is 9.59 Å². The molecule has 1 amide bonds. The Kier molecular flexibility index (Phi) is 5.77. The van der Waals surface area contributed by atoms with E-state index in [1.165, 1.54) is 0 Å². The zero-order valence-corrected chi connectivity index (χ0v) is 13.8. The van der Waals surface area contributed by atoms with Crippen LogP contribution in [0, 0.1) is 0 Å². The molecule has 2 atom stereocenters. The molecular formula is C19H21N3O3. The summed E-state index contributed by atoms with van der Waals surface area (Å²) in [5.41, 5.74) is 8.11. The van der Waals surface area contributed by atoms with Crippen molar-refractivity contribution in [3.05, 3.63) is 71.8 Å². The summed E-state index contributed by atoms with van der Waals surface area (Å²) in [5, 5.41) is 2.73. The van der Waals surface area contributed by atoms with Gasteiger partial charge in [-0.25, -0.2) is 10.9 Å². The smallest absolute Gasteiger partial charge is 0.325 e. The summed E-state index contributed by atoms with van der Waals surface area (Å²) in [7, 11) is 0. The number of carbonyl (C=O) groups is 2. The number of esters is 1. The van der Waals surface area contributed by atoms with Crippen molar-refractivity contribution in [3.63, 3.8) is 0 Å². The minimum absolute atomic E-state index is 0.0469. The fourth-order valence-electron chi connectivity index (χ4n) is 2.70. The van der Waals surface area contributed by atoms with E-state index in [2.05, 4.69) is 16.2 Å². The van der Waals surface area contributed by atoms with Gasteiger partial charge in [-0.2, -0.15) is 0 Å². The Morgan fingerprint density at radius 1 is 1.00 bits per heavy atom. The number of hydrogen-bond acceptors (Lipinski definition) is 5. The van der Waals surface area contributed by atoms with E-state index in [4.69, 9.17) is 4.74 Å². The first-order valence-corrected chi connectivity index (χ1v) is 8.25. The van der Waals surface area contributed by atoms with E-state index < -0.39 is 12.0 Å². The van der Waals surface area contributed by atoms with Crippen molar-refractivity contribution in [2.24, 2.45) is 0 Å². The summed E-state index contributed by atoms with van der Waals surface area (Å²) < 4.78 is 5.11. The van der Waals surface area contributed by atoms with Gasteiger partial charge in [0.25, 0.3) is 5.91 Å². The average molecular weight is 339 g/mol. The number of benzene rings is 2. The number of carbonyl (C=O) groups excluding carboxylic acids is 2. The van der Waals surface area contributed by atoms with Gasteiger partial charge in [-0.1, -0.05) is 60.7 Å². The first-order valence-electron chi connectivity index (χ1n) is 8.25. The molecule has 6 heteroatoms. The molecule has 3 N–H and O–H groups in total. The zero-order valence-electron chi connectivity index (χ0n) is 13.8. The molecule has 1 aliphatic heterocycles. The van der Waals surface area contributed by atoms with Gasteiger partial charge >= 0.3 is 5.97 Å². The van der Waals surface area contributed by atoms with E-state index in [-0.39, 0.29) is 18.6 Å². The van der Waals surface area contributed by atoms with Crippen molar-refractivity contribution in [3.8, 4) is 0 Å². The normalized spacial score (nSPS) is 19.4.